The van der Waals surface area contributed by atoms with Crippen molar-refractivity contribution in [2.45, 2.75) is 31.6 Å². The minimum absolute atomic E-state index is 0.0162. The van der Waals surface area contributed by atoms with Crippen LogP contribution in [0.3, 0.4) is 0 Å². The van der Waals surface area contributed by atoms with E-state index in [2.05, 4.69) is 0 Å². The molecule has 1 aliphatic heterocycles. The van der Waals surface area contributed by atoms with Gasteiger partial charge < -0.3 is 0 Å². The van der Waals surface area contributed by atoms with Gasteiger partial charge in [-0.15, -0.1) is 0 Å². The van der Waals surface area contributed by atoms with Crippen molar-refractivity contribution < 1.29 is 13.2 Å². The fraction of sp³-hybridized carbons (Fsp3) is 0.238. The zero-order valence-electron chi connectivity index (χ0n) is 15.2. The Kier molecular flexibility index (Phi) is 3.87. The Balaban J connectivity index is 1.56. The van der Waals surface area contributed by atoms with Gasteiger partial charge in [0.15, 0.2) is 0 Å². The maximum absolute atomic E-state index is 12.9. The number of sulfonamides is 1. The van der Waals surface area contributed by atoms with Crippen LogP contribution in [0.25, 0.3) is 5.69 Å². The first kappa shape index (κ1) is 17.2. The van der Waals surface area contributed by atoms with E-state index in [4.69, 9.17) is 5.10 Å². The number of aromatic nitrogens is 2. The maximum Gasteiger partial charge on any atom is 0.268 e. The van der Waals surface area contributed by atoms with Crippen LogP contribution in [0.5, 0.6) is 0 Å². The number of rotatable bonds is 3. The smallest absolute Gasteiger partial charge is 0.268 e. The molecule has 0 radical (unpaired) electrons. The summed E-state index contributed by atoms with van der Waals surface area (Å²) in [4.78, 5) is 12.9. The normalized spacial score (nSPS) is 17.4. The average Bonchev–Trinajstić information content (AvgIpc) is 3.29. The van der Waals surface area contributed by atoms with Gasteiger partial charge in [0.2, 0.25) is 10.0 Å². The van der Waals surface area contributed by atoms with Gasteiger partial charge in [-0.3, -0.25) is 4.79 Å². The number of fused-ring (bicyclic) bond motifs is 2. The Morgan fingerprint density at radius 2 is 1.71 bits per heavy atom. The van der Waals surface area contributed by atoms with Crippen molar-refractivity contribution in [2.24, 2.45) is 0 Å². The second-order valence-corrected chi connectivity index (χ2v) is 9.09. The lowest BCUT2D eigenvalue weighted by Gasteiger charge is -2.27. The van der Waals surface area contributed by atoms with Crippen LogP contribution in [-0.2, 0) is 35.2 Å². The lowest BCUT2D eigenvalue weighted by molar-refractivity contribution is 0.0847. The molecule has 0 fully saturated rings. The molecule has 0 saturated carbocycles. The fourth-order valence-corrected chi connectivity index (χ4v) is 5.59. The molecular formula is C21H19N3O3S. The summed E-state index contributed by atoms with van der Waals surface area (Å²) in [6.07, 6.45) is 2.77. The zero-order chi connectivity index (χ0) is 19.3. The maximum atomic E-state index is 12.9. The largest absolute Gasteiger partial charge is 0.268 e. The van der Waals surface area contributed by atoms with Crippen molar-refractivity contribution in [1.82, 2.24) is 14.1 Å². The third-order valence-electron chi connectivity index (χ3n) is 5.46. The molecule has 0 N–H and O–H groups in total. The quantitative estimate of drug-likeness (QED) is 0.686. The van der Waals surface area contributed by atoms with Crippen molar-refractivity contribution in [3.05, 3.63) is 82.7 Å². The highest BCUT2D eigenvalue weighted by Crippen LogP contribution is 2.31. The molecule has 0 atom stereocenters. The minimum atomic E-state index is -3.72. The summed E-state index contributed by atoms with van der Waals surface area (Å²) in [6.45, 7) is -0.0162. The van der Waals surface area contributed by atoms with E-state index in [1.807, 2.05) is 35.0 Å². The van der Waals surface area contributed by atoms with E-state index >= 15 is 0 Å². The van der Waals surface area contributed by atoms with E-state index in [0.29, 0.717) is 16.8 Å². The molecule has 2 aliphatic rings. The topological polar surface area (TPSA) is 72.3 Å². The Morgan fingerprint density at radius 3 is 2.54 bits per heavy atom. The molecule has 7 heteroatoms. The molecule has 6 nitrogen and oxygen atoms in total. The highest BCUT2D eigenvalue weighted by atomic mass is 32.2. The second kappa shape index (κ2) is 6.31. The van der Waals surface area contributed by atoms with Crippen LogP contribution in [0, 0.1) is 0 Å². The van der Waals surface area contributed by atoms with Gasteiger partial charge in [0.1, 0.15) is 0 Å². The molecule has 0 spiro atoms. The number of carbonyl (C=O) groups is 1. The fourth-order valence-electron chi connectivity index (χ4n) is 4.12. The van der Waals surface area contributed by atoms with E-state index in [1.54, 1.807) is 24.3 Å². The van der Waals surface area contributed by atoms with Gasteiger partial charge in [0.25, 0.3) is 5.91 Å². The van der Waals surface area contributed by atoms with E-state index in [1.165, 1.54) is 0 Å². The standard InChI is InChI=1S/C21H19N3O3S/c25-21-17-10-5-4-7-15(17)14-28(26,27)23(21)13-19-18-11-6-12-20(18)24(22-19)16-8-2-1-3-9-16/h1-5,7-10H,6,11-14H2. The van der Waals surface area contributed by atoms with Crippen LogP contribution < -0.4 is 0 Å². The monoisotopic (exact) mass is 393 g/mol. The molecule has 2 heterocycles. The molecule has 3 aromatic rings. The minimum Gasteiger partial charge on any atom is -0.268 e. The van der Waals surface area contributed by atoms with Crippen LogP contribution in [0.2, 0.25) is 0 Å². The SMILES string of the molecule is O=C1c2ccccc2CS(=O)(=O)N1Cc1nn(-c2ccccc2)c2c1CCC2. The molecule has 1 aliphatic carbocycles. The number of para-hydroxylation sites is 1. The van der Waals surface area contributed by atoms with Crippen molar-refractivity contribution in [3.63, 3.8) is 0 Å². The van der Waals surface area contributed by atoms with Crippen LogP contribution in [0.15, 0.2) is 54.6 Å². The Labute approximate surface area is 163 Å². The highest BCUT2D eigenvalue weighted by molar-refractivity contribution is 7.89. The van der Waals surface area contributed by atoms with Crippen LogP contribution in [-0.4, -0.2) is 28.4 Å². The first-order valence-electron chi connectivity index (χ1n) is 9.32. The number of nitrogens with zero attached hydrogens (tertiary/aromatic N) is 3. The molecule has 1 aromatic heterocycles. The van der Waals surface area contributed by atoms with Gasteiger partial charge in [-0.1, -0.05) is 36.4 Å². The molecule has 5 rings (SSSR count). The predicted octanol–water partition coefficient (Wildman–Crippen LogP) is 2.85. The first-order valence-corrected chi connectivity index (χ1v) is 10.9. The van der Waals surface area contributed by atoms with Crippen molar-refractivity contribution >= 4 is 15.9 Å². The van der Waals surface area contributed by atoms with Crippen molar-refractivity contribution in [2.75, 3.05) is 0 Å². The molecule has 0 unspecified atom stereocenters. The second-order valence-electron chi connectivity index (χ2n) is 7.20. The van der Waals surface area contributed by atoms with Crippen molar-refractivity contribution in [3.8, 4) is 5.69 Å². The molecule has 28 heavy (non-hydrogen) atoms. The van der Waals surface area contributed by atoms with Crippen LogP contribution >= 0.6 is 0 Å². The van der Waals surface area contributed by atoms with Gasteiger partial charge in [-0.25, -0.2) is 17.4 Å². The summed E-state index contributed by atoms with van der Waals surface area (Å²) in [7, 11) is -3.72. The summed E-state index contributed by atoms with van der Waals surface area (Å²) < 4.78 is 28.5. The summed E-state index contributed by atoms with van der Waals surface area (Å²) in [5, 5.41) is 4.71. The molecule has 2 aromatic carbocycles. The van der Waals surface area contributed by atoms with E-state index < -0.39 is 15.9 Å². The van der Waals surface area contributed by atoms with Crippen LogP contribution in [0.1, 0.15) is 39.3 Å². The van der Waals surface area contributed by atoms with E-state index in [9.17, 15) is 13.2 Å². The van der Waals surface area contributed by atoms with E-state index in [0.717, 1.165) is 40.5 Å². The lowest BCUT2D eigenvalue weighted by Crippen LogP contribution is -2.41. The third-order valence-corrected chi connectivity index (χ3v) is 7.10. The molecule has 0 bridgehead atoms. The van der Waals surface area contributed by atoms with Gasteiger partial charge >= 0.3 is 0 Å². The Bertz CT molecular complexity index is 1180. The third kappa shape index (κ3) is 2.65. The van der Waals surface area contributed by atoms with Gasteiger partial charge in [0.05, 0.1) is 23.7 Å². The molecule has 0 saturated heterocycles. The summed E-state index contributed by atoms with van der Waals surface area (Å²) in [5.74, 6) is -0.626. The van der Waals surface area contributed by atoms with E-state index in [-0.39, 0.29) is 12.3 Å². The number of amides is 1. The van der Waals surface area contributed by atoms with Crippen LogP contribution in [0.4, 0.5) is 0 Å². The van der Waals surface area contributed by atoms with Crippen molar-refractivity contribution in [1.29, 1.82) is 0 Å². The summed E-state index contributed by atoms with van der Waals surface area (Å²) in [5.41, 5.74) is 4.83. The van der Waals surface area contributed by atoms with Gasteiger partial charge in [-0.05, 0) is 48.6 Å². The first-order chi connectivity index (χ1) is 13.5. The van der Waals surface area contributed by atoms with Gasteiger partial charge in [0, 0.05) is 11.3 Å². The zero-order valence-corrected chi connectivity index (χ0v) is 16.0. The molecule has 142 valence electrons. The average molecular weight is 393 g/mol. The molecular weight excluding hydrogens is 374 g/mol. The highest BCUT2D eigenvalue weighted by Gasteiger charge is 2.37. The summed E-state index contributed by atoms with van der Waals surface area (Å²) in [6, 6.07) is 16.7. The van der Waals surface area contributed by atoms with Gasteiger partial charge in [-0.2, -0.15) is 5.10 Å². The number of hydrogen-bond donors (Lipinski definition) is 0. The lowest BCUT2D eigenvalue weighted by atomic mass is 10.1. The predicted molar refractivity (Wildman–Crippen MR) is 105 cm³/mol. The number of benzene rings is 2. The summed E-state index contributed by atoms with van der Waals surface area (Å²) >= 11 is 0. The number of hydrogen-bond acceptors (Lipinski definition) is 4. The Morgan fingerprint density at radius 1 is 0.964 bits per heavy atom. The Hall–Kier alpha value is -2.93. The molecule has 1 amide bonds. The number of carbonyl (C=O) groups excluding carboxylic acids is 1.